The van der Waals surface area contributed by atoms with E-state index in [0.29, 0.717) is 24.5 Å². The van der Waals surface area contributed by atoms with Gasteiger partial charge < -0.3 is 15.0 Å². The lowest BCUT2D eigenvalue weighted by Crippen LogP contribution is -2.45. The number of aryl methyl sites for hydroxylation is 1. The molecule has 0 saturated carbocycles. The average Bonchev–Trinajstić information content (AvgIpc) is 3.16. The van der Waals surface area contributed by atoms with Crippen molar-refractivity contribution in [1.29, 1.82) is 0 Å². The number of hydrogen-bond acceptors (Lipinski definition) is 5. The van der Waals surface area contributed by atoms with Gasteiger partial charge in [0, 0.05) is 38.1 Å². The molecule has 0 bridgehead atoms. The molecule has 2 amide bonds. The van der Waals surface area contributed by atoms with Crippen molar-refractivity contribution in [1.82, 2.24) is 25.0 Å². The minimum Gasteiger partial charge on any atom is -0.484 e. The number of hydrogen-bond donors (Lipinski definition) is 1. The smallest absolute Gasteiger partial charge is 0.260 e. The SMILES string of the molecule is Cn1cc2c(n1)[C@H](C(=O)NCc1ccccn1)CN(C(=O)COc1ccccc1)C2. The Kier molecular flexibility index (Phi) is 5.74. The second-order valence-electron chi connectivity index (χ2n) is 7.18. The third kappa shape index (κ3) is 4.48. The Balaban J connectivity index is 1.44. The van der Waals surface area contributed by atoms with Crippen molar-refractivity contribution in [2.45, 2.75) is 19.0 Å². The number of amides is 2. The molecule has 1 aliphatic rings. The van der Waals surface area contributed by atoms with E-state index < -0.39 is 5.92 Å². The van der Waals surface area contributed by atoms with Gasteiger partial charge in [-0.2, -0.15) is 5.10 Å². The van der Waals surface area contributed by atoms with Gasteiger partial charge in [0.15, 0.2) is 6.61 Å². The molecule has 3 heterocycles. The van der Waals surface area contributed by atoms with E-state index in [9.17, 15) is 9.59 Å². The molecule has 154 valence electrons. The number of para-hydroxylation sites is 1. The molecule has 1 atom stereocenters. The first-order valence-electron chi connectivity index (χ1n) is 9.76. The number of rotatable bonds is 6. The molecule has 4 rings (SSSR count). The maximum absolute atomic E-state index is 12.9. The molecule has 8 heteroatoms. The van der Waals surface area contributed by atoms with Crippen molar-refractivity contribution >= 4 is 11.8 Å². The molecule has 30 heavy (non-hydrogen) atoms. The predicted octanol–water partition coefficient (Wildman–Crippen LogP) is 1.64. The van der Waals surface area contributed by atoms with Crippen LogP contribution in [0.2, 0.25) is 0 Å². The molecule has 1 aromatic carbocycles. The molecular weight excluding hydrogens is 382 g/mol. The first kappa shape index (κ1) is 19.6. The molecule has 0 saturated heterocycles. The molecule has 0 aliphatic carbocycles. The monoisotopic (exact) mass is 405 g/mol. The van der Waals surface area contributed by atoms with E-state index in [2.05, 4.69) is 15.4 Å². The van der Waals surface area contributed by atoms with Crippen LogP contribution in [0.15, 0.2) is 60.9 Å². The minimum absolute atomic E-state index is 0.0815. The maximum Gasteiger partial charge on any atom is 0.260 e. The molecule has 0 radical (unpaired) electrons. The summed E-state index contributed by atoms with van der Waals surface area (Å²) < 4.78 is 7.27. The van der Waals surface area contributed by atoms with E-state index in [-0.39, 0.29) is 25.0 Å². The van der Waals surface area contributed by atoms with Crippen molar-refractivity contribution in [2.75, 3.05) is 13.2 Å². The zero-order valence-corrected chi connectivity index (χ0v) is 16.7. The maximum atomic E-state index is 12.9. The van der Waals surface area contributed by atoms with Gasteiger partial charge in [0.05, 0.1) is 23.9 Å². The predicted molar refractivity (Wildman–Crippen MR) is 109 cm³/mol. The van der Waals surface area contributed by atoms with E-state index in [4.69, 9.17) is 4.74 Å². The summed E-state index contributed by atoms with van der Waals surface area (Å²) in [5.74, 6) is -0.258. The fraction of sp³-hybridized carbons (Fsp3) is 0.273. The summed E-state index contributed by atoms with van der Waals surface area (Å²) in [6, 6.07) is 14.7. The number of carbonyl (C=O) groups is 2. The third-order valence-electron chi connectivity index (χ3n) is 4.98. The zero-order chi connectivity index (χ0) is 20.9. The van der Waals surface area contributed by atoms with Crippen LogP contribution >= 0.6 is 0 Å². The summed E-state index contributed by atoms with van der Waals surface area (Å²) >= 11 is 0. The fourth-order valence-electron chi connectivity index (χ4n) is 3.50. The number of ether oxygens (including phenoxy) is 1. The molecule has 1 aliphatic heterocycles. The number of aromatic nitrogens is 3. The lowest BCUT2D eigenvalue weighted by molar-refractivity contribution is -0.135. The largest absolute Gasteiger partial charge is 0.484 e. The number of fused-ring (bicyclic) bond motifs is 1. The molecule has 0 fully saturated rings. The second-order valence-corrected chi connectivity index (χ2v) is 7.18. The highest BCUT2D eigenvalue weighted by molar-refractivity contribution is 5.86. The van der Waals surface area contributed by atoms with Crippen molar-refractivity contribution < 1.29 is 14.3 Å². The van der Waals surface area contributed by atoms with E-state index in [1.807, 2.05) is 49.6 Å². The van der Waals surface area contributed by atoms with Crippen molar-refractivity contribution in [3.8, 4) is 5.75 Å². The van der Waals surface area contributed by atoms with Crippen LogP contribution in [0, 0.1) is 0 Å². The van der Waals surface area contributed by atoms with Gasteiger partial charge >= 0.3 is 0 Å². The highest BCUT2D eigenvalue weighted by Gasteiger charge is 2.35. The molecule has 1 N–H and O–H groups in total. The van der Waals surface area contributed by atoms with Crippen LogP contribution in [-0.4, -0.2) is 44.6 Å². The van der Waals surface area contributed by atoms with Gasteiger partial charge in [-0.05, 0) is 24.3 Å². The fourth-order valence-corrected chi connectivity index (χ4v) is 3.50. The topological polar surface area (TPSA) is 89.4 Å². The van der Waals surface area contributed by atoms with Gasteiger partial charge in [0.25, 0.3) is 5.91 Å². The standard InChI is InChI=1S/C22H23N5O3/c1-26-12-16-13-27(20(28)15-30-18-8-3-2-4-9-18)14-19(21(16)25-26)22(29)24-11-17-7-5-6-10-23-17/h2-10,12,19H,11,13-15H2,1H3,(H,24,29)/t19-/m1/s1. The first-order valence-corrected chi connectivity index (χ1v) is 9.76. The zero-order valence-electron chi connectivity index (χ0n) is 16.7. The average molecular weight is 405 g/mol. The number of pyridine rings is 1. The molecule has 2 aromatic heterocycles. The highest BCUT2D eigenvalue weighted by atomic mass is 16.5. The van der Waals surface area contributed by atoms with Gasteiger partial charge in [-0.25, -0.2) is 0 Å². The van der Waals surface area contributed by atoms with Gasteiger partial charge in [0.2, 0.25) is 5.91 Å². The second kappa shape index (κ2) is 8.77. The highest BCUT2D eigenvalue weighted by Crippen LogP contribution is 2.27. The third-order valence-corrected chi connectivity index (χ3v) is 4.98. The van der Waals surface area contributed by atoms with Crippen molar-refractivity contribution in [3.05, 3.63) is 77.9 Å². The van der Waals surface area contributed by atoms with Crippen LogP contribution in [0.25, 0.3) is 0 Å². The summed E-state index contributed by atoms with van der Waals surface area (Å²) in [6.07, 6.45) is 3.54. The van der Waals surface area contributed by atoms with Gasteiger partial charge in [-0.15, -0.1) is 0 Å². The summed E-state index contributed by atoms with van der Waals surface area (Å²) in [6.45, 7) is 0.907. The Bertz CT molecular complexity index is 1020. The number of benzene rings is 1. The van der Waals surface area contributed by atoms with Crippen molar-refractivity contribution in [3.63, 3.8) is 0 Å². The van der Waals surface area contributed by atoms with Crippen LogP contribution in [0.4, 0.5) is 0 Å². The number of nitrogens with zero attached hydrogens (tertiary/aromatic N) is 4. The van der Waals surface area contributed by atoms with Crippen LogP contribution in [0.5, 0.6) is 5.75 Å². The number of nitrogens with one attached hydrogen (secondary N) is 1. The summed E-state index contributed by atoms with van der Waals surface area (Å²) in [5.41, 5.74) is 2.35. The lowest BCUT2D eigenvalue weighted by atomic mass is 9.95. The van der Waals surface area contributed by atoms with E-state index in [0.717, 1.165) is 11.3 Å². The summed E-state index contributed by atoms with van der Waals surface area (Å²) in [5, 5.41) is 7.38. The minimum atomic E-state index is -0.542. The number of carbonyl (C=O) groups excluding carboxylic acids is 2. The van der Waals surface area contributed by atoms with Gasteiger partial charge in [-0.1, -0.05) is 24.3 Å². The molecule has 8 nitrogen and oxygen atoms in total. The van der Waals surface area contributed by atoms with E-state index >= 15 is 0 Å². The van der Waals surface area contributed by atoms with Crippen LogP contribution in [0.3, 0.4) is 0 Å². The summed E-state index contributed by atoms with van der Waals surface area (Å²) in [7, 11) is 1.81. The normalized spacial score (nSPS) is 15.4. The van der Waals surface area contributed by atoms with Crippen molar-refractivity contribution in [2.24, 2.45) is 7.05 Å². The van der Waals surface area contributed by atoms with Gasteiger partial charge in [-0.3, -0.25) is 19.3 Å². The Morgan fingerprint density at radius 2 is 1.97 bits per heavy atom. The molecule has 0 unspecified atom stereocenters. The lowest BCUT2D eigenvalue weighted by Gasteiger charge is -2.31. The quantitative estimate of drug-likeness (QED) is 0.673. The van der Waals surface area contributed by atoms with Gasteiger partial charge in [0.1, 0.15) is 5.75 Å². The van der Waals surface area contributed by atoms with E-state index in [1.54, 1.807) is 27.9 Å². The molecule has 3 aromatic rings. The Morgan fingerprint density at radius 1 is 1.17 bits per heavy atom. The van der Waals surface area contributed by atoms with Crippen LogP contribution in [-0.2, 0) is 29.7 Å². The van der Waals surface area contributed by atoms with E-state index in [1.165, 1.54) is 0 Å². The molecule has 0 spiro atoms. The van der Waals surface area contributed by atoms with Crippen LogP contribution in [0.1, 0.15) is 22.9 Å². The Morgan fingerprint density at radius 3 is 2.73 bits per heavy atom. The molecular formula is C22H23N5O3. The van der Waals surface area contributed by atoms with Crippen LogP contribution < -0.4 is 10.1 Å². The first-order chi connectivity index (χ1) is 14.6. The Hall–Kier alpha value is -3.68. The summed E-state index contributed by atoms with van der Waals surface area (Å²) in [4.78, 5) is 31.6. The Labute approximate surface area is 174 Å².